The topological polar surface area (TPSA) is 12.0 Å². The van der Waals surface area contributed by atoms with Gasteiger partial charge in [-0.1, -0.05) is 29.8 Å². The van der Waals surface area contributed by atoms with Crippen LogP contribution in [0.3, 0.4) is 0 Å². The molecule has 1 nitrogen and oxygen atoms in total. The van der Waals surface area contributed by atoms with Crippen molar-refractivity contribution in [2.75, 3.05) is 12.4 Å². The lowest BCUT2D eigenvalue weighted by molar-refractivity contribution is 0.628. The monoisotopic (exact) mass is 235 g/mol. The van der Waals surface area contributed by atoms with Crippen LogP contribution in [0.4, 0.5) is 10.1 Å². The van der Waals surface area contributed by atoms with Gasteiger partial charge in [-0.05, 0) is 35.4 Å². The summed E-state index contributed by atoms with van der Waals surface area (Å²) in [6.07, 6.45) is 0. The number of benzene rings is 2. The molecule has 0 aliphatic carbocycles. The first-order valence-corrected chi connectivity index (χ1v) is 5.32. The lowest BCUT2D eigenvalue weighted by Gasteiger charge is -2.05. The van der Waals surface area contributed by atoms with Crippen LogP contribution in [0.25, 0.3) is 11.1 Å². The zero-order valence-corrected chi connectivity index (χ0v) is 9.55. The predicted octanol–water partition coefficient (Wildman–Crippen LogP) is 4.19. The number of hydrogen-bond donors (Lipinski definition) is 1. The molecule has 0 unspecified atom stereocenters. The van der Waals surface area contributed by atoms with Crippen LogP contribution in [0, 0.1) is 5.82 Å². The first-order chi connectivity index (χ1) is 7.70. The highest BCUT2D eigenvalue weighted by Crippen LogP contribution is 2.26. The summed E-state index contributed by atoms with van der Waals surface area (Å²) in [4.78, 5) is 0. The molecule has 1 N–H and O–H groups in total. The Kier molecular flexibility index (Phi) is 3.11. The molecule has 16 heavy (non-hydrogen) atoms. The van der Waals surface area contributed by atoms with Crippen LogP contribution >= 0.6 is 11.6 Å². The van der Waals surface area contributed by atoms with Crippen LogP contribution in [0.1, 0.15) is 0 Å². The van der Waals surface area contributed by atoms with Crippen molar-refractivity contribution in [3.05, 3.63) is 53.3 Å². The first-order valence-electron chi connectivity index (χ1n) is 4.94. The second-order valence-corrected chi connectivity index (χ2v) is 3.87. The molecule has 0 aromatic heterocycles. The average molecular weight is 236 g/mol. The summed E-state index contributed by atoms with van der Waals surface area (Å²) in [6, 6.07) is 12.6. The van der Waals surface area contributed by atoms with E-state index in [0.717, 1.165) is 16.8 Å². The van der Waals surface area contributed by atoms with Crippen molar-refractivity contribution < 1.29 is 4.39 Å². The van der Waals surface area contributed by atoms with Crippen molar-refractivity contribution in [3.8, 4) is 11.1 Å². The number of hydrogen-bond acceptors (Lipinski definition) is 1. The van der Waals surface area contributed by atoms with Gasteiger partial charge in [0.15, 0.2) is 0 Å². The Balaban J connectivity index is 2.46. The van der Waals surface area contributed by atoms with Crippen molar-refractivity contribution in [1.82, 2.24) is 0 Å². The fraction of sp³-hybridized carbons (Fsp3) is 0.0769. The SMILES string of the molecule is CNc1cccc(-c2ccc(F)c(Cl)c2)c1. The van der Waals surface area contributed by atoms with Gasteiger partial charge in [0, 0.05) is 12.7 Å². The summed E-state index contributed by atoms with van der Waals surface area (Å²) in [5.41, 5.74) is 2.93. The Morgan fingerprint density at radius 1 is 1.06 bits per heavy atom. The van der Waals surface area contributed by atoms with Crippen molar-refractivity contribution in [2.45, 2.75) is 0 Å². The van der Waals surface area contributed by atoms with Crippen molar-refractivity contribution in [3.63, 3.8) is 0 Å². The maximum Gasteiger partial charge on any atom is 0.141 e. The minimum absolute atomic E-state index is 0.146. The van der Waals surface area contributed by atoms with E-state index >= 15 is 0 Å². The zero-order valence-electron chi connectivity index (χ0n) is 8.80. The van der Waals surface area contributed by atoms with E-state index < -0.39 is 5.82 Å². The predicted molar refractivity (Wildman–Crippen MR) is 66.4 cm³/mol. The van der Waals surface area contributed by atoms with Crippen LogP contribution < -0.4 is 5.32 Å². The number of anilines is 1. The largest absolute Gasteiger partial charge is 0.388 e. The minimum atomic E-state index is -0.393. The standard InChI is InChI=1S/C13H11ClFN/c1-16-11-4-2-3-9(7-11)10-5-6-13(15)12(14)8-10/h2-8,16H,1H3. The smallest absolute Gasteiger partial charge is 0.141 e. The summed E-state index contributed by atoms with van der Waals surface area (Å²) < 4.78 is 13.0. The molecule has 0 aliphatic rings. The highest BCUT2D eigenvalue weighted by atomic mass is 35.5. The molecular weight excluding hydrogens is 225 g/mol. The number of nitrogens with one attached hydrogen (secondary N) is 1. The van der Waals surface area contributed by atoms with Crippen molar-refractivity contribution in [2.24, 2.45) is 0 Å². The van der Waals surface area contributed by atoms with Crippen LogP contribution in [0.15, 0.2) is 42.5 Å². The summed E-state index contributed by atoms with van der Waals surface area (Å²) in [5, 5.41) is 3.20. The molecular formula is C13H11ClFN. The molecule has 0 amide bonds. The molecule has 2 aromatic rings. The van der Waals surface area contributed by atoms with E-state index in [0.29, 0.717) is 0 Å². The fourth-order valence-electron chi connectivity index (χ4n) is 1.53. The van der Waals surface area contributed by atoms with Gasteiger partial charge in [-0.25, -0.2) is 4.39 Å². The van der Waals surface area contributed by atoms with Gasteiger partial charge < -0.3 is 5.32 Å². The molecule has 3 heteroatoms. The van der Waals surface area contributed by atoms with Gasteiger partial charge in [0.25, 0.3) is 0 Å². The molecule has 0 saturated carbocycles. The summed E-state index contributed by atoms with van der Waals surface area (Å²) in [5.74, 6) is -0.393. The maximum absolute atomic E-state index is 13.0. The second-order valence-electron chi connectivity index (χ2n) is 3.46. The van der Waals surface area contributed by atoms with Gasteiger partial charge in [-0.2, -0.15) is 0 Å². The van der Waals surface area contributed by atoms with Gasteiger partial charge in [0.1, 0.15) is 5.82 Å². The highest BCUT2D eigenvalue weighted by Gasteiger charge is 2.03. The van der Waals surface area contributed by atoms with Crippen LogP contribution in [-0.2, 0) is 0 Å². The highest BCUT2D eigenvalue weighted by molar-refractivity contribution is 6.31. The van der Waals surface area contributed by atoms with Crippen molar-refractivity contribution in [1.29, 1.82) is 0 Å². The number of rotatable bonds is 2. The third-order valence-corrected chi connectivity index (χ3v) is 2.69. The van der Waals surface area contributed by atoms with Crippen LogP contribution in [-0.4, -0.2) is 7.05 Å². The van der Waals surface area contributed by atoms with E-state index in [4.69, 9.17) is 11.6 Å². The van der Waals surface area contributed by atoms with Gasteiger partial charge >= 0.3 is 0 Å². The van der Waals surface area contributed by atoms with Gasteiger partial charge in [0.05, 0.1) is 5.02 Å². The van der Waals surface area contributed by atoms with Gasteiger partial charge in [0.2, 0.25) is 0 Å². The van der Waals surface area contributed by atoms with Crippen LogP contribution in [0.5, 0.6) is 0 Å². The quantitative estimate of drug-likeness (QED) is 0.823. The summed E-state index contributed by atoms with van der Waals surface area (Å²) >= 11 is 5.75. The van der Waals surface area contributed by atoms with E-state index in [1.54, 1.807) is 12.1 Å². The fourth-order valence-corrected chi connectivity index (χ4v) is 1.71. The molecule has 0 heterocycles. The molecule has 0 spiro atoms. The molecule has 0 bridgehead atoms. The molecule has 0 fully saturated rings. The molecule has 0 aliphatic heterocycles. The van der Waals surface area contributed by atoms with E-state index in [1.807, 2.05) is 31.3 Å². The number of halogens is 2. The molecule has 82 valence electrons. The van der Waals surface area contributed by atoms with Gasteiger partial charge in [-0.15, -0.1) is 0 Å². The van der Waals surface area contributed by atoms with E-state index in [-0.39, 0.29) is 5.02 Å². The Hall–Kier alpha value is -1.54. The van der Waals surface area contributed by atoms with Crippen molar-refractivity contribution >= 4 is 17.3 Å². The third kappa shape index (κ3) is 2.17. The van der Waals surface area contributed by atoms with E-state index in [2.05, 4.69) is 5.32 Å². The molecule has 2 rings (SSSR count). The molecule has 2 aromatic carbocycles. The van der Waals surface area contributed by atoms with E-state index in [9.17, 15) is 4.39 Å². The maximum atomic E-state index is 13.0. The summed E-state index contributed by atoms with van der Waals surface area (Å²) in [6.45, 7) is 0. The molecule has 0 atom stereocenters. The Morgan fingerprint density at radius 2 is 1.81 bits per heavy atom. The first kappa shape index (κ1) is 11.0. The minimum Gasteiger partial charge on any atom is -0.388 e. The Bertz CT molecular complexity index is 511. The Morgan fingerprint density at radius 3 is 2.50 bits per heavy atom. The normalized spacial score (nSPS) is 10.2. The lowest BCUT2D eigenvalue weighted by atomic mass is 10.1. The second kappa shape index (κ2) is 4.54. The third-order valence-electron chi connectivity index (χ3n) is 2.40. The van der Waals surface area contributed by atoms with E-state index in [1.165, 1.54) is 6.07 Å². The van der Waals surface area contributed by atoms with Gasteiger partial charge in [-0.3, -0.25) is 0 Å². The van der Waals surface area contributed by atoms with Crippen LogP contribution in [0.2, 0.25) is 5.02 Å². The zero-order chi connectivity index (χ0) is 11.5. The molecule has 0 saturated heterocycles. The molecule has 0 radical (unpaired) electrons. The average Bonchev–Trinajstić information content (AvgIpc) is 2.33. The summed E-state index contributed by atoms with van der Waals surface area (Å²) in [7, 11) is 1.86. The Labute approximate surface area is 98.9 Å². The lowest BCUT2D eigenvalue weighted by Crippen LogP contribution is -1.88.